The Kier molecular flexibility index (Phi) is 5.52. The van der Waals surface area contributed by atoms with Crippen molar-refractivity contribution in [2.75, 3.05) is 31.5 Å². The number of benzene rings is 1. The Morgan fingerprint density at radius 2 is 1.76 bits per heavy atom. The van der Waals surface area contributed by atoms with E-state index in [1.165, 1.54) is 50.2 Å². The van der Waals surface area contributed by atoms with Gasteiger partial charge in [-0.25, -0.2) is 8.42 Å². The molecule has 0 aromatic heterocycles. The normalized spacial score (nSPS) is 16.5. The first-order valence-corrected chi connectivity index (χ1v) is 8.63. The fraction of sp³-hybridized carbons (Fsp3) is 0.571. The predicted octanol–water partition coefficient (Wildman–Crippen LogP) is 2.58. The van der Waals surface area contributed by atoms with Crippen molar-refractivity contribution >= 4 is 15.5 Å². The lowest BCUT2D eigenvalue weighted by molar-refractivity contribution is 0.234. The molecule has 1 fully saturated rings. The lowest BCUT2D eigenvalue weighted by Crippen LogP contribution is -2.22. The summed E-state index contributed by atoms with van der Waals surface area (Å²) in [7, 11) is -4.50. The molecule has 0 atom stereocenters. The van der Waals surface area contributed by atoms with Crippen molar-refractivity contribution in [1.82, 2.24) is 4.90 Å². The van der Waals surface area contributed by atoms with Gasteiger partial charge in [0.15, 0.2) is 0 Å². The van der Waals surface area contributed by atoms with Gasteiger partial charge in [-0.05, 0) is 63.2 Å². The molecule has 0 unspecified atom stereocenters. The monoisotopic (exact) mass is 318 g/mol. The maximum atomic E-state index is 12.4. The van der Waals surface area contributed by atoms with Crippen molar-refractivity contribution in [3.05, 3.63) is 24.3 Å². The molecule has 1 heterocycles. The summed E-state index contributed by atoms with van der Waals surface area (Å²) < 4.78 is 47.3. The predicted molar refractivity (Wildman–Crippen MR) is 78.4 cm³/mol. The molecule has 1 aliphatic rings. The van der Waals surface area contributed by atoms with E-state index in [0.29, 0.717) is 0 Å². The highest BCUT2D eigenvalue weighted by molar-refractivity contribution is 7.91. The van der Waals surface area contributed by atoms with E-state index < -0.39 is 15.6 Å². The van der Waals surface area contributed by atoms with E-state index >= 15 is 0 Å². The Morgan fingerprint density at radius 1 is 1.14 bits per heavy atom. The molecule has 0 amide bonds. The van der Waals surface area contributed by atoms with Crippen LogP contribution in [0, 0.1) is 0 Å². The Hall–Kier alpha value is -1.21. The zero-order valence-corrected chi connectivity index (χ0v) is 12.6. The van der Waals surface area contributed by atoms with E-state index in [2.05, 4.69) is 10.2 Å². The highest BCUT2D eigenvalue weighted by atomic mass is 32.2. The third-order valence-corrected chi connectivity index (χ3v) is 4.99. The van der Waals surface area contributed by atoms with Gasteiger partial charge in [-0.1, -0.05) is 0 Å². The van der Waals surface area contributed by atoms with Crippen LogP contribution in [0.25, 0.3) is 0 Å². The number of sulfone groups is 1. The Balaban J connectivity index is 1.79. The number of halogens is 2. The number of nitrogens with one attached hydrogen (secondary N) is 1. The molecule has 0 aliphatic carbocycles. The lowest BCUT2D eigenvalue weighted by atomic mass is 10.3. The van der Waals surface area contributed by atoms with Crippen LogP contribution in [0.5, 0.6) is 0 Å². The van der Waals surface area contributed by atoms with E-state index in [1.54, 1.807) is 0 Å². The second kappa shape index (κ2) is 7.17. The molecule has 4 nitrogen and oxygen atoms in total. The van der Waals surface area contributed by atoms with Gasteiger partial charge in [0.1, 0.15) is 0 Å². The van der Waals surface area contributed by atoms with E-state index in [9.17, 15) is 17.2 Å². The average Bonchev–Trinajstić information content (AvgIpc) is 2.97. The molecule has 1 aromatic rings. The molecule has 1 aromatic carbocycles. The van der Waals surface area contributed by atoms with Gasteiger partial charge in [0.05, 0.1) is 4.90 Å². The van der Waals surface area contributed by atoms with Crippen LogP contribution < -0.4 is 5.32 Å². The van der Waals surface area contributed by atoms with Crippen LogP contribution in [0.1, 0.15) is 19.3 Å². The molecule has 1 N–H and O–H groups in total. The molecule has 7 heteroatoms. The number of hydrogen-bond acceptors (Lipinski definition) is 4. The molecule has 1 aliphatic heterocycles. The van der Waals surface area contributed by atoms with Crippen LogP contribution in [-0.4, -0.2) is 45.3 Å². The number of anilines is 1. The fourth-order valence-corrected chi connectivity index (χ4v) is 3.13. The summed E-state index contributed by atoms with van der Waals surface area (Å²) in [5.74, 6) is -3.38. The minimum absolute atomic E-state index is 0.347. The minimum atomic E-state index is -4.50. The quantitative estimate of drug-likeness (QED) is 0.785. The van der Waals surface area contributed by atoms with Gasteiger partial charge in [0.25, 0.3) is 0 Å². The molecule has 118 valence electrons. The van der Waals surface area contributed by atoms with Gasteiger partial charge in [-0.3, -0.25) is 0 Å². The second-order valence-electron chi connectivity index (χ2n) is 5.16. The summed E-state index contributed by atoms with van der Waals surface area (Å²) in [4.78, 5) is 2.07. The SMILES string of the molecule is O=S(=O)(c1ccc(NCCCN2CCCC2)cc1)C(F)F. The molecule has 0 bridgehead atoms. The Labute approximate surface area is 124 Å². The molecule has 21 heavy (non-hydrogen) atoms. The van der Waals surface area contributed by atoms with Crippen molar-refractivity contribution in [3.63, 3.8) is 0 Å². The summed E-state index contributed by atoms with van der Waals surface area (Å²) in [5.41, 5.74) is 0.740. The zero-order valence-electron chi connectivity index (χ0n) is 11.8. The molecular weight excluding hydrogens is 298 g/mol. The van der Waals surface area contributed by atoms with Gasteiger partial charge in [0, 0.05) is 12.2 Å². The maximum Gasteiger partial charge on any atom is 0.341 e. The first-order chi connectivity index (χ1) is 10.00. The van der Waals surface area contributed by atoms with E-state index in [-0.39, 0.29) is 4.90 Å². The summed E-state index contributed by atoms with van der Waals surface area (Å²) in [6.45, 7) is 4.16. The summed E-state index contributed by atoms with van der Waals surface area (Å²) in [6, 6.07) is 5.46. The largest absolute Gasteiger partial charge is 0.385 e. The van der Waals surface area contributed by atoms with Crippen LogP contribution in [-0.2, 0) is 9.84 Å². The first-order valence-electron chi connectivity index (χ1n) is 7.08. The highest BCUT2D eigenvalue weighted by Gasteiger charge is 2.26. The van der Waals surface area contributed by atoms with Gasteiger partial charge in [-0.2, -0.15) is 8.78 Å². The summed E-state index contributed by atoms with van der Waals surface area (Å²) in [5, 5.41) is 3.17. The van der Waals surface area contributed by atoms with Crippen LogP contribution >= 0.6 is 0 Å². The molecule has 1 saturated heterocycles. The van der Waals surface area contributed by atoms with Crippen molar-refractivity contribution in [1.29, 1.82) is 0 Å². The Bertz CT molecular complexity index is 541. The molecule has 0 saturated carbocycles. The molecular formula is C14H20F2N2O2S. The lowest BCUT2D eigenvalue weighted by Gasteiger charge is -2.14. The number of alkyl halides is 2. The number of likely N-dealkylation sites (tertiary alicyclic amines) is 1. The van der Waals surface area contributed by atoms with Gasteiger partial charge in [-0.15, -0.1) is 0 Å². The highest BCUT2D eigenvalue weighted by Crippen LogP contribution is 2.20. The number of nitrogens with zero attached hydrogens (tertiary/aromatic N) is 1. The third kappa shape index (κ3) is 4.38. The molecule has 0 spiro atoms. The number of hydrogen-bond donors (Lipinski definition) is 1. The standard InChI is InChI=1S/C14H20F2N2O2S/c15-14(16)21(19,20)13-6-4-12(5-7-13)17-8-3-11-18-9-1-2-10-18/h4-7,14,17H,1-3,8-11H2. The van der Waals surface area contributed by atoms with Crippen molar-refractivity contribution < 1.29 is 17.2 Å². The van der Waals surface area contributed by atoms with Crippen molar-refractivity contribution in [3.8, 4) is 0 Å². The minimum Gasteiger partial charge on any atom is -0.385 e. The average molecular weight is 318 g/mol. The van der Waals surface area contributed by atoms with Crippen molar-refractivity contribution in [2.24, 2.45) is 0 Å². The third-order valence-electron chi connectivity index (χ3n) is 3.60. The molecule has 0 radical (unpaired) electrons. The van der Waals surface area contributed by atoms with Crippen LogP contribution in [0.2, 0.25) is 0 Å². The van der Waals surface area contributed by atoms with E-state index in [1.807, 2.05) is 0 Å². The van der Waals surface area contributed by atoms with Gasteiger partial charge in [0.2, 0.25) is 9.84 Å². The van der Waals surface area contributed by atoms with Gasteiger partial charge >= 0.3 is 5.76 Å². The topological polar surface area (TPSA) is 49.4 Å². The zero-order chi connectivity index (χ0) is 15.3. The van der Waals surface area contributed by atoms with Crippen LogP contribution in [0.15, 0.2) is 29.2 Å². The van der Waals surface area contributed by atoms with Gasteiger partial charge < -0.3 is 10.2 Å². The second-order valence-corrected chi connectivity index (χ2v) is 7.08. The summed E-state index contributed by atoms with van der Waals surface area (Å²) >= 11 is 0. The first kappa shape index (κ1) is 16.2. The van der Waals surface area contributed by atoms with E-state index in [4.69, 9.17) is 0 Å². The molecule has 2 rings (SSSR count). The fourth-order valence-electron chi connectivity index (χ4n) is 2.41. The number of rotatable bonds is 7. The Morgan fingerprint density at radius 3 is 2.33 bits per heavy atom. The smallest absolute Gasteiger partial charge is 0.341 e. The van der Waals surface area contributed by atoms with E-state index in [0.717, 1.165) is 25.2 Å². The summed E-state index contributed by atoms with van der Waals surface area (Å²) in [6.07, 6.45) is 3.54. The van der Waals surface area contributed by atoms with Crippen LogP contribution in [0.3, 0.4) is 0 Å². The maximum absolute atomic E-state index is 12.4. The van der Waals surface area contributed by atoms with Crippen LogP contribution in [0.4, 0.5) is 14.5 Å². The van der Waals surface area contributed by atoms with Crippen molar-refractivity contribution in [2.45, 2.75) is 29.9 Å².